The molecule has 0 aliphatic rings. The van der Waals surface area contributed by atoms with Crippen molar-refractivity contribution >= 4 is 5.97 Å². The molecule has 0 aromatic carbocycles. The summed E-state index contributed by atoms with van der Waals surface area (Å²) in [6.45, 7) is 2.09. The molecule has 0 heterocycles. The van der Waals surface area contributed by atoms with Crippen LogP contribution in [0.25, 0.3) is 0 Å². The maximum Gasteiger partial charge on any atom is 0.303 e. The molecule has 0 rings (SSSR count). The highest BCUT2D eigenvalue weighted by Crippen LogP contribution is 2.11. The van der Waals surface area contributed by atoms with Crippen LogP contribution in [0.5, 0.6) is 0 Å². The smallest absolute Gasteiger partial charge is 0.303 e. The Morgan fingerprint density at radius 3 is 2.13 bits per heavy atom. The van der Waals surface area contributed by atoms with E-state index in [1.165, 1.54) is 6.08 Å². The lowest BCUT2D eigenvalue weighted by atomic mass is 10.0. The first-order valence-electron chi connectivity index (χ1n) is 8.91. The molecule has 5 nitrogen and oxygen atoms in total. The van der Waals surface area contributed by atoms with Gasteiger partial charge in [0.15, 0.2) is 0 Å². The Morgan fingerprint density at radius 2 is 1.48 bits per heavy atom. The van der Waals surface area contributed by atoms with E-state index >= 15 is 0 Å². The van der Waals surface area contributed by atoms with Gasteiger partial charge in [-0.15, -0.1) is 0 Å². The predicted octanol–water partition coefficient (Wildman–Crippen LogP) is 3.02. The monoisotopic (exact) mass is 330 g/mol. The van der Waals surface area contributed by atoms with E-state index in [9.17, 15) is 20.1 Å². The Hall–Kier alpha value is -0.910. The van der Waals surface area contributed by atoms with E-state index in [0.29, 0.717) is 19.3 Å². The van der Waals surface area contributed by atoms with Crippen LogP contribution in [0.1, 0.15) is 77.6 Å². The third kappa shape index (κ3) is 14.4. The van der Waals surface area contributed by atoms with E-state index in [1.54, 1.807) is 6.08 Å². The van der Waals surface area contributed by atoms with Gasteiger partial charge in [-0.3, -0.25) is 4.79 Å². The number of aliphatic carboxylic acids is 1. The minimum absolute atomic E-state index is 0.226. The number of carboxylic acid groups (broad SMARTS) is 1. The fourth-order valence-corrected chi connectivity index (χ4v) is 2.40. The lowest BCUT2D eigenvalue weighted by molar-refractivity contribution is -0.137. The number of aliphatic hydroxyl groups is 3. The van der Waals surface area contributed by atoms with E-state index in [-0.39, 0.29) is 6.42 Å². The van der Waals surface area contributed by atoms with Crippen molar-refractivity contribution in [3.8, 4) is 0 Å². The molecule has 0 spiro atoms. The summed E-state index contributed by atoms with van der Waals surface area (Å²) >= 11 is 0. The Balaban J connectivity index is 3.66. The summed E-state index contributed by atoms with van der Waals surface area (Å²) in [7, 11) is 0. The molecule has 0 aliphatic carbocycles. The molecule has 0 saturated heterocycles. The van der Waals surface area contributed by atoms with Crippen LogP contribution in [-0.4, -0.2) is 44.7 Å². The molecule has 0 aromatic heterocycles. The van der Waals surface area contributed by atoms with Crippen LogP contribution in [0.4, 0.5) is 0 Å². The SMILES string of the molecule is CCCCC[C@H](O)[C@@H](O)/C=C/[C@H](O)CCCCCCCC(=O)O. The van der Waals surface area contributed by atoms with Gasteiger partial charge in [0.25, 0.3) is 0 Å². The minimum atomic E-state index is -0.919. The number of hydrogen-bond acceptors (Lipinski definition) is 4. The maximum absolute atomic E-state index is 10.3. The summed E-state index contributed by atoms with van der Waals surface area (Å²) in [4.78, 5) is 10.3. The average molecular weight is 330 g/mol. The molecule has 0 amide bonds. The van der Waals surface area contributed by atoms with Gasteiger partial charge in [-0.25, -0.2) is 0 Å². The van der Waals surface area contributed by atoms with Crippen molar-refractivity contribution in [2.24, 2.45) is 0 Å². The largest absolute Gasteiger partial charge is 0.481 e. The zero-order chi connectivity index (χ0) is 17.5. The van der Waals surface area contributed by atoms with Crippen molar-refractivity contribution in [3.05, 3.63) is 12.2 Å². The number of aliphatic hydroxyl groups excluding tert-OH is 3. The Labute approximate surface area is 140 Å². The zero-order valence-corrected chi connectivity index (χ0v) is 14.4. The highest BCUT2D eigenvalue weighted by Gasteiger charge is 2.12. The second-order valence-corrected chi connectivity index (χ2v) is 6.21. The molecular formula is C18H34O5. The normalized spacial score (nSPS) is 15.7. The number of carbonyl (C=O) groups is 1. The van der Waals surface area contributed by atoms with Gasteiger partial charge >= 0.3 is 5.97 Å². The topological polar surface area (TPSA) is 98.0 Å². The first kappa shape index (κ1) is 22.1. The van der Waals surface area contributed by atoms with Gasteiger partial charge in [0.2, 0.25) is 0 Å². The van der Waals surface area contributed by atoms with Crippen molar-refractivity contribution in [1.82, 2.24) is 0 Å². The van der Waals surface area contributed by atoms with Gasteiger partial charge in [0, 0.05) is 6.42 Å². The zero-order valence-electron chi connectivity index (χ0n) is 14.4. The molecule has 3 atom stereocenters. The van der Waals surface area contributed by atoms with Crippen molar-refractivity contribution in [2.45, 2.75) is 95.9 Å². The van der Waals surface area contributed by atoms with Crippen LogP contribution < -0.4 is 0 Å². The summed E-state index contributed by atoms with van der Waals surface area (Å²) < 4.78 is 0. The molecule has 4 N–H and O–H groups in total. The Kier molecular flexibility index (Phi) is 14.1. The minimum Gasteiger partial charge on any atom is -0.481 e. The van der Waals surface area contributed by atoms with Crippen molar-refractivity contribution in [3.63, 3.8) is 0 Å². The molecule has 23 heavy (non-hydrogen) atoms. The number of carboxylic acids is 1. The summed E-state index contributed by atoms with van der Waals surface area (Å²) in [5.41, 5.74) is 0. The fourth-order valence-electron chi connectivity index (χ4n) is 2.40. The van der Waals surface area contributed by atoms with Gasteiger partial charge < -0.3 is 20.4 Å². The number of rotatable bonds is 15. The summed E-state index contributed by atoms with van der Waals surface area (Å²) in [6.07, 6.45) is 9.60. The third-order valence-electron chi connectivity index (χ3n) is 3.92. The lowest BCUT2D eigenvalue weighted by Gasteiger charge is -2.14. The van der Waals surface area contributed by atoms with Gasteiger partial charge in [-0.05, 0) is 19.3 Å². The highest BCUT2D eigenvalue weighted by molar-refractivity contribution is 5.66. The third-order valence-corrected chi connectivity index (χ3v) is 3.92. The second kappa shape index (κ2) is 14.7. The van der Waals surface area contributed by atoms with E-state index in [1.807, 2.05) is 0 Å². The summed E-state index contributed by atoms with van der Waals surface area (Å²) in [5, 5.41) is 37.9. The lowest BCUT2D eigenvalue weighted by Crippen LogP contribution is -2.24. The van der Waals surface area contributed by atoms with E-state index in [4.69, 9.17) is 5.11 Å². The van der Waals surface area contributed by atoms with Crippen LogP contribution >= 0.6 is 0 Å². The van der Waals surface area contributed by atoms with Crippen LogP contribution in [0, 0.1) is 0 Å². The molecule has 0 unspecified atom stereocenters. The fraction of sp³-hybridized carbons (Fsp3) is 0.833. The molecule has 136 valence electrons. The van der Waals surface area contributed by atoms with Crippen LogP contribution in [-0.2, 0) is 4.79 Å². The molecule has 0 aliphatic heterocycles. The standard InChI is InChI=1S/C18H34O5/c1-2-3-7-11-16(20)17(21)14-13-15(19)10-8-5-4-6-9-12-18(22)23/h13-17,19-21H,2-12H2,1H3,(H,22,23)/b14-13+/t15-,16+,17+/m1/s1. The number of hydrogen-bond donors (Lipinski definition) is 4. The van der Waals surface area contributed by atoms with Gasteiger partial charge in [-0.2, -0.15) is 0 Å². The van der Waals surface area contributed by atoms with Crippen molar-refractivity contribution in [2.75, 3.05) is 0 Å². The molecule has 0 fully saturated rings. The van der Waals surface area contributed by atoms with Gasteiger partial charge in [0.1, 0.15) is 0 Å². The predicted molar refractivity (Wildman–Crippen MR) is 91.3 cm³/mol. The number of unbranched alkanes of at least 4 members (excludes halogenated alkanes) is 6. The molecule has 0 radical (unpaired) electrons. The molecule has 5 heteroatoms. The first-order valence-corrected chi connectivity index (χ1v) is 8.91. The summed E-state index contributed by atoms with van der Waals surface area (Å²) in [5.74, 6) is -0.749. The van der Waals surface area contributed by atoms with E-state index in [0.717, 1.165) is 44.9 Å². The quantitative estimate of drug-likeness (QED) is 0.273. The molecular weight excluding hydrogens is 296 g/mol. The average Bonchev–Trinajstić information content (AvgIpc) is 2.51. The van der Waals surface area contributed by atoms with Crippen molar-refractivity contribution in [1.29, 1.82) is 0 Å². The molecule has 0 saturated carbocycles. The van der Waals surface area contributed by atoms with Gasteiger partial charge in [-0.1, -0.05) is 64.0 Å². The van der Waals surface area contributed by atoms with Crippen LogP contribution in [0.3, 0.4) is 0 Å². The second-order valence-electron chi connectivity index (χ2n) is 6.21. The first-order chi connectivity index (χ1) is 11.0. The molecule has 0 aromatic rings. The molecule has 0 bridgehead atoms. The Bertz CT molecular complexity index is 317. The van der Waals surface area contributed by atoms with E-state index in [2.05, 4.69) is 6.92 Å². The van der Waals surface area contributed by atoms with E-state index < -0.39 is 24.3 Å². The van der Waals surface area contributed by atoms with Crippen LogP contribution in [0.15, 0.2) is 12.2 Å². The highest BCUT2D eigenvalue weighted by atomic mass is 16.4. The maximum atomic E-state index is 10.3. The Morgan fingerprint density at radius 1 is 0.870 bits per heavy atom. The van der Waals surface area contributed by atoms with Crippen LogP contribution in [0.2, 0.25) is 0 Å². The van der Waals surface area contributed by atoms with Gasteiger partial charge in [0.05, 0.1) is 18.3 Å². The summed E-state index contributed by atoms with van der Waals surface area (Å²) in [6, 6.07) is 0. The van der Waals surface area contributed by atoms with Crippen molar-refractivity contribution < 1.29 is 25.2 Å².